The van der Waals surface area contributed by atoms with E-state index in [0.717, 1.165) is 55.3 Å². The van der Waals surface area contributed by atoms with E-state index in [9.17, 15) is 14.4 Å². The number of nitrogens with one attached hydrogen (secondary N) is 1. The lowest BCUT2D eigenvalue weighted by Crippen LogP contribution is -2.56. The molecule has 0 spiro atoms. The highest BCUT2D eigenvalue weighted by Crippen LogP contribution is 2.33. The second-order valence-electron chi connectivity index (χ2n) is 9.76. The van der Waals surface area contributed by atoms with Gasteiger partial charge in [-0.25, -0.2) is 14.9 Å². The van der Waals surface area contributed by atoms with Crippen LogP contribution in [0.25, 0.3) is 11.0 Å². The minimum Gasteiger partial charge on any atom is -0.497 e. The summed E-state index contributed by atoms with van der Waals surface area (Å²) in [7, 11) is 3.43. The van der Waals surface area contributed by atoms with Crippen LogP contribution < -0.4 is 21.2 Å². The van der Waals surface area contributed by atoms with Gasteiger partial charge in [0.05, 0.1) is 24.1 Å². The molecule has 184 valence electrons. The van der Waals surface area contributed by atoms with Crippen LogP contribution >= 0.6 is 0 Å². The van der Waals surface area contributed by atoms with Gasteiger partial charge in [0.15, 0.2) is 0 Å². The van der Waals surface area contributed by atoms with Gasteiger partial charge in [0.1, 0.15) is 5.75 Å². The third-order valence-corrected chi connectivity index (χ3v) is 7.56. The maximum Gasteiger partial charge on any atom is 0.328 e. The van der Waals surface area contributed by atoms with E-state index in [0.29, 0.717) is 31.4 Å². The van der Waals surface area contributed by atoms with Gasteiger partial charge in [-0.1, -0.05) is 0 Å². The zero-order valence-electron chi connectivity index (χ0n) is 20.4. The lowest BCUT2D eigenvalue weighted by Gasteiger charge is -2.35. The van der Waals surface area contributed by atoms with Crippen LogP contribution in [-0.4, -0.2) is 51.9 Å². The first kappa shape index (κ1) is 24.0. The number of hydrogen-bond donors (Lipinski definition) is 2. The highest BCUT2D eigenvalue weighted by molar-refractivity contribution is 5.95. The van der Waals surface area contributed by atoms with Crippen molar-refractivity contribution in [3.8, 4) is 5.75 Å². The molecule has 34 heavy (non-hydrogen) atoms. The predicted molar refractivity (Wildman–Crippen MR) is 129 cm³/mol. The van der Waals surface area contributed by atoms with Gasteiger partial charge in [0.2, 0.25) is 5.91 Å². The zero-order valence-corrected chi connectivity index (χ0v) is 20.4. The van der Waals surface area contributed by atoms with Gasteiger partial charge in [-0.2, -0.15) is 0 Å². The number of carbonyl (C=O) groups is 2. The number of piperidine rings is 1. The van der Waals surface area contributed by atoms with Gasteiger partial charge in [0.25, 0.3) is 5.84 Å². The minimum absolute atomic E-state index is 0.0142. The highest BCUT2D eigenvalue weighted by Gasteiger charge is 2.34. The van der Waals surface area contributed by atoms with Gasteiger partial charge >= 0.3 is 11.6 Å². The van der Waals surface area contributed by atoms with E-state index in [1.54, 1.807) is 18.7 Å². The fraction of sp³-hybridized carbons (Fsp3) is 0.600. The largest absolute Gasteiger partial charge is 0.497 e. The summed E-state index contributed by atoms with van der Waals surface area (Å²) >= 11 is 0. The van der Waals surface area contributed by atoms with E-state index < -0.39 is 0 Å². The van der Waals surface area contributed by atoms with Crippen LogP contribution in [0.15, 0.2) is 23.0 Å². The normalized spacial score (nSPS) is 21.4. The van der Waals surface area contributed by atoms with Gasteiger partial charge in [-0.3, -0.25) is 19.3 Å². The number of likely N-dealkylation sites (tertiary alicyclic amines) is 1. The fourth-order valence-electron chi connectivity index (χ4n) is 5.52. The van der Waals surface area contributed by atoms with E-state index in [1.807, 2.05) is 27.7 Å². The number of aryl methyl sites for hydroxylation is 1. The van der Waals surface area contributed by atoms with E-state index in [-0.39, 0.29) is 29.3 Å². The van der Waals surface area contributed by atoms with E-state index in [1.165, 1.54) is 6.92 Å². The molecule has 2 aliphatic rings. The van der Waals surface area contributed by atoms with Crippen LogP contribution in [0, 0.1) is 17.8 Å². The van der Waals surface area contributed by atoms with Crippen molar-refractivity contribution < 1.29 is 19.7 Å². The Morgan fingerprint density at radius 2 is 1.74 bits per heavy atom. The summed E-state index contributed by atoms with van der Waals surface area (Å²) in [5, 5.41) is 8.69. The molecule has 9 heteroatoms. The Labute approximate surface area is 199 Å². The Balaban J connectivity index is 1.32. The molecule has 4 rings (SSSR count). The molecule has 1 aliphatic heterocycles. The fourth-order valence-corrected chi connectivity index (χ4v) is 5.52. The van der Waals surface area contributed by atoms with Crippen molar-refractivity contribution in [3.05, 3.63) is 28.7 Å². The topological polar surface area (TPSA) is 111 Å². The van der Waals surface area contributed by atoms with Gasteiger partial charge in [-0.05, 0) is 56.6 Å². The number of fused-ring (bicyclic) bond motifs is 1. The Morgan fingerprint density at radius 1 is 1.06 bits per heavy atom. The number of methoxy groups -OCH3 is 1. The van der Waals surface area contributed by atoms with Crippen LogP contribution in [0.3, 0.4) is 0 Å². The molecule has 1 aliphatic carbocycles. The van der Waals surface area contributed by atoms with E-state index >= 15 is 0 Å². The molecular formula is C25H36N5O4+. The SMILES string of the molecule is COc1ccc2c(c1)n(CC1CCC(C(=O)N3CCC(C(=[NH2+])NC(C)=O)CC3)CC1)c(=O)n2C. The lowest BCUT2D eigenvalue weighted by molar-refractivity contribution is -0.141. The Morgan fingerprint density at radius 3 is 2.35 bits per heavy atom. The van der Waals surface area contributed by atoms with Crippen molar-refractivity contribution >= 4 is 28.7 Å². The summed E-state index contributed by atoms with van der Waals surface area (Å²) in [5.74, 6) is 1.88. The maximum atomic E-state index is 13.1. The van der Waals surface area contributed by atoms with E-state index in [4.69, 9.17) is 10.1 Å². The average Bonchev–Trinajstić information content (AvgIpc) is 3.08. The third-order valence-electron chi connectivity index (χ3n) is 7.56. The Bertz CT molecular complexity index is 1130. The summed E-state index contributed by atoms with van der Waals surface area (Å²) in [6.45, 7) is 3.47. The van der Waals surface area contributed by atoms with Crippen molar-refractivity contribution in [1.29, 1.82) is 0 Å². The number of benzene rings is 1. The number of imidazole rings is 1. The van der Waals surface area contributed by atoms with E-state index in [2.05, 4.69) is 5.32 Å². The van der Waals surface area contributed by atoms with Crippen molar-refractivity contribution in [2.24, 2.45) is 24.8 Å². The third kappa shape index (κ3) is 4.88. The van der Waals surface area contributed by atoms with Gasteiger partial charge < -0.3 is 9.64 Å². The zero-order chi connectivity index (χ0) is 24.4. The number of amides is 2. The summed E-state index contributed by atoms with van der Waals surface area (Å²) in [4.78, 5) is 39.2. The molecule has 2 fully saturated rings. The summed E-state index contributed by atoms with van der Waals surface area (Å²) in [6.07, 6.45) is 5.13. The second-order valence-corrected chi connectivity index (χ2v) is 9.76. The molecular weight excluding hydrogens is 434 g/mol. The molecule has 0 unspecified atom stereocenters. The molecule has 2 amide bonds. The van der Waals surface area contributed by atoms with Crippen molar-refractivity contribution in [1.82, 2.24) is 19.4 Å². The monoisotopic (exact) mass is 470 g/mol. The smallest absolute Gasteiger partial charge is 0.328 e. The first-order valence-corrected chi connectivity index (χ1v) is 12.2. The number of rotatable bonds is 5. The molecule has 0 radical (unpaired) electrons. The van der Waals surface area contributed by atoms with Crippen molar-refractivity contribution in [2.45, 2.75) is 52.0 Å². The first-order chi connectivity index (χ1) is 16.3. The summed E-state index contributed by atoms with van der Waals surface area (Å²) in [5.41, 5.74) is 1.78. The molecule has 2 heterocycles. The molecule has 0 bridgehead atoms. The van der Waals surface area contributed by atoms with Crippen molar-refractivity contribution in [3.63, 3.8) is 0 Å². The Hall–Kier alpha value is -3.10. The average molecular weight is 471 g/mol. The molecule has 1 aromatic carbocycles. The standard InChI is InChI=1S/C25H35N5O4/c1-16(31)27-23(26)18-10-12-29(13-11-18)24(32)19-6-4-17(5-7-19)15-30-22-14-20(34-3)8-9-21(22)28(2)25(30)33/h8-9,14,17-19H,4-7,10-13,15H2,1-3H3,(H2,26,27,31)/p+1. The second kappa shape index (κ2) is 10.0. The number of aromatic nitrogens is 2. The molecule has 1 saturated carbocycles. The number of amidine groups is 1. The first-order valence-electron chi connectivity index (χ1n) is 12.2. The number of hydrogen-bond acceptors (Lipinski definition) is 4. The van der Waals surface area contributed by atoms with Crippen molar-refractivity contribution in [2.75, 3.05) is 20.2 Å². The van der Waals surface area contributed by atoms with Gasteiger partial charge in [0, 0.05) is 45.6 Å². The summed E-state index contributed by atoms with van der Waals surface area (Å²) < 4.78 is 8.89. The minimum atomic E-state index is -0.155. The molecule has 3 N–H and O–H groups in total. The summed E-state index contributed by atoms with van der Waals surface area (Å²) in [6, 6.07) is 5.72. The van der Waals surface area contributed by atoms with Crippen LogP contribution in [0.5, 0.6) is 5.75 Å². The number of ether oxygens (including phenoxy) is 1. The van der Waals surface area contributed by atoms with Crippen LogP contribution in [0.2, 0.25) is 0 Å². The number of carbonyl (C=O) groups excluding carboxylic acids is 2. The molecule has 2 aromatic rings. The van der Waals surface area contributed by atoms with Crippen LogP contribution in [0.1, 0.15) is 45.4 Å². The maximum absolute atomic E-state index is 13.1. The molecule has 1 saturated heterocycles. The molecule has 9 nitrogen and oxygen atoms in total. The Kier molecular flexibility index (Phi) is 7.09. The molecule has 1 aromatic heterocycles. The highest BCUT2D eigenvalue weighted by atomic mass is 16.5. The van der Waals surface area contributed by atoms with Gasteiger partial charge in [-0.15, -0.1) is 0 Å². The quantitative estimate of drug-likeness (QED) is 0.495. The van der Waals surface area contributed by atoms with Crippen LogP contribution in [-0.2, 0) is 23.2 Å². The predicted octanol–water partition coefficient (Wildman–Crippen LogP) is 0.687. The number of nitrogens with two attached hydrogens (primary N) is 1. The lowest BCUT2D eigenvalue weighted by atomic mass is 9.81. The number of nitrogens with zero attached hydrogens (tertiary/aromatic N) is 3. The molecule has 0 atom stereocenters. The van der Waals surface area contributed by atoms with Crippen LogP contribution in [0.4, 0.5) is 0 Å².